The molecule has 1 amide bonds. The van der Waals surface area contributed by atoms with Crippen LogP contribution in [-0.2, 0) is 11.2 Å². The summed E-state index contributed by atoms with van der Waals surface area (Å²) in [5, 5.41) is 8.22. The highest BCUT2D eigenvalue weighted by molar-refractivity contribution is 8.03. The van der Waals surface area contributed by atoms with Crippen LogP contribution in [0.2, 0.25) is 0 Å². The van der Waals surface area contributed by atoms with Gasteiger partial charge in [0.15, 0.2) is 8.68 Å². The second kappa shape index (κ2) is 6.81. The topological polar surface area (TPSA) is 46.1 Å². The van der Waals surface area contributed by atoms with E-state index in [0.29, 0.717) is 5.75 Å². The molecule has 0 radical (unpaired) electrons. The summed E-state index contributed by atoms with van der Waals surface area (Å²) < 4.78 is 1.84. The monoisotopic (exact) mass is 337 g/mol. The number of carbonyl (C=O) groups excluding carboxylic acids is 1. The molecule has 0 atom stereocenters. The van der Waals surface area contributed by atoms with Gasteiger partial charge in [-0.3, -0.25) is 4.79 Å². The van der Waals surface area contributed by atoms with Crippen molar-refractivity contribution in [3.63, 3.8) is 0 Å². The Labute approximate surface area is 136 Å². The predicted octanol–water partition coefficient (Wildman–Crippen LogP) is 3.33. The second-order valence-electron chi connectivity index (χ2n) is 4.48. The summed E-state index contributed by atoms with van der Waals surface area (Å²) in [7, 11) is 0. The van der Waals surface area contributed by atoms with Crippen molar-refractivity contribution >= 4 is 46.5 Å². The Morgan fingerprint density at radius 3 is 2.86 bits per heavy atom. The standard InChI is InChI=1S/C14H15N3OS3/c1-2-19-13-15-16-14(21-13)20-9-12(18)17-8-7-10-5-3-4-6-11(10)17/h3-6H,2,7-9H2,1H3. The van der Waals surface area contributed by atoms with Crippen LogP contribution >= 0.6 is 34.9 Å². The molecule has 0 aliphatic carbocycles. The quantitative estimate of drug-likeness (QED) is 0.783. The Morgan fingerprint density at radius 2 is 2.05 bits per heavy atom. The molecule has 1 aliphatic rings. The summed E-state index contributed by atoms with van der Waals surface area (Å²) in [6.07, 6.45) is 0.947. The molecule has 7 heteroatoms. The molecule has 0 N–H and O–H groups in total. The summed E-state index contributed by atoms with van der Waals surface area (Å²) in [5.41, 5.74) is 2.32. The van der Waals surface area contributed by atoms with Gasteiger partial charge in [-0.05, 0) is 23.8 Å². The molecule has 0 fully saturated rings. The molecule has 0 unspecified atom stereocenters. The van der Waals surface area contributed by atoms with Gasteiger partial charge in [-0.2, -0.15) is 0 Å². The molecule has 3 rings (SSSR count). The highest BCUT2D eigenvalue weighted by atomic mass is 32.2. The number of nitrogens with zero attached hydrogens (tertiary/aromatic N) is 3. The average molecular weight is 337 g/mol. The maximum Gasteiger partial charge on any atom is 0.237 e. The number of fused-ring (bicyclic) bond motifs is 1. The summed E-state index contributed by atoms with van der Waals surface area (Å²) >= 11 is 4.72. The fourth-order valence-corrected chi connectivity index (χ4v) is 5.03. The maximum absolute atomic E-state index is 12.4. The van der Waals surface area contributed by atoms with Crippen LogP contribution in [0.15, 0.2) is 32.9 Å². The third-order valence-electron chi connectivity index (χ3n) is 3.16. The van der Waals surface area contributed by atoms with Gasteiger partial charge in [-0.1, -0.05) is 60.0 Å². The van der Waals surface area contributed by atoms with Crippen LogP contribution in [0.5, 0.6) is 0 Å². The van der Waals surface area contributed by atoms with Crippen LogP contribution in [-0.4, -0.2) is 34.2 Å². The first kappa shape index (κ1) is 14.9. The Hall–Kier alpha value is -1.05. The van der Waals surface area contributed by atoms with Crippen LogP contribution in [0, 0.1) is 0 Å². The zero-order valence-corrected chi connectivity index (χ0v) is 14.1. The molecule has 2 aromatic rings. The van der Waals surface area contributed by atoms with Crippen molar-refractivity contribution < 1.29 is 4.79 Å². The molecule has 1 aliphatic heterocycles. The number of hydrogen-bond acceptors (Lipinski definition) is 6. The average Bonchev–Trinajstić information content (AvgIpc) is 3.12. The lowest BCUT2D eigenvalue weighted by Crippen LogP contribution is -2.30. The van der Waals surface area contributed by atoms with Gasteiger partial charge in [0.25, 0.3) is 0 Å². The highest BCUT2D eigenvalue weighted by Crippen LogP contribution is 2.31. The zero-order valence-electron chi connectivity index (χ0n) is 11.6. The molecule has 2 heterocycles. The van der Waals surface area contributed by atoms with Crippen molar-refractivity contribution in [3.05, 3.63) is 29.8 Å². The third-order valence-corrected chi connectivity index (χ3v) is 6.22. The summed E-state index contributed by atoms with van der Waals surface area (Å²) in [6, 6.07) is 8.12. The number of amides is 1. The van der Waals surface area contributed by atoms with E-state index in [0.717, 1.165) is 33.1 Å². The lowest BCUT2D eigenvalue weighted by Gasteiger charge is -2.16. The van der Waals surface area contributed by atoms with Crippen molar-refractivity contribution in [1.29, 1.82) is 0 Å². The molecule has 1 aromatic heterocycles. The largest absolute Gasteiger partial charge is 0.311 e. The molecule has 1 aromatic carbocycles. The smallest absolute Gasteiger partial charge is 0.237 e. The Balaban J connectivity index is 1.60. The minimum atomic E-state index is 0.143. The van der Waals surface area contributed by atoms with Crippen molar-refractivity contribution in [2.45, 2.75) is 22.0 Å². The molecule has 0 spiro atoms. The molecule has 0 saturated carbocycles. The van der Waals surface area contributed by atoms with E-state index in [1.807, 2.05) is 23.1 Å². The van der Waals surface area contributed by atoms with Gasteiger partial charge in [0.05, 0.1) is 5.75 Å². The molecular formula is C14H15N3OS3. The van der Waals surface area contributed by atoms with E-state index in [1.54, 1.807) is 23.1 Å². The van der Waals surface area contributed by atoms with E-state index in [1.165, 1.54) is 17.3 Å². The molecule has 4 nitrogen and oxygen atoms in total. The van der Waals surface area contributed by atoms with Gasteiger partial charge < -0.3 is 4.90 Å². The van der Waals surface area contributed by atoms with Gasteiger partial charge in [0.1, 0.15) is 0 Å². The minimum absolute atomic E-state index is 0.143. The molecule has 0 bridgehead atoms. The van der Waals surface area contributed by atoms with Gasteiger partial charge in [-0.15, -0.1) is 10.2 Å². The van der Waals surface area contributed by atoms with Gasteiger partial charge in [-0.25, -0.2) is 0 Å². The number of thioether (sulfide) groups is 2. The lowest BCUT2D eigenvalue weighted by atomic mass is 10.2. The number of benzene rings is 1. The van der Waals surface area contributed by atoms with E-state index >= 15 is 0 Å². The number of rotatable bonds is 5. The first-order valence-corrected chi connectivity index (χ1v) is 9.54. The van der Waals surface area contributed by atoms with Crippen molar-refractivity contribution in [3.8, 4) is 0 Å². The van der Waals surface area contributed by atoms with E-state index < -0.39 is 0 Å². The number of hydrogen-bond donors (Lipinski definition) is 0. The summed E-state index contributed by atoms with van der Waals surface area (Å²) in [5.74, 6) is 1.55. The van der Waals surface area contributed by atoms with Crippen LogP contribution in [0.3, 0.4) is 0 Å². The Morgan fingerprint density at radius 1 is 1.29 bits per heavy atom. The SMILES string of the molecule is CCSc1nnc(SCC(=O)N2CCc3ccccc32)s1. The Bertz CT molecular complexity index is 644. The van der Waals surface area contributed by atoms with Crippen molar-refractivity contribution in [2.24, 2.45) is 0 Å². The molecule has 21 heavy (non-hydrogen) atoms. The maximum atomic E-state index is 12.4. The Kier molecular flexibility index (Phi) is 4.82. The van der Waals surface area contributed by atoms with Gasteiger partial charge >= 0.3 is 0 Å². The van der Waals surface area contributed by atoms with E-state index in [-0.39, 0.29) is 5.91 Å². The van der Waals surface area contributed by atoms with Crippen LogP contribution in [0.4, 0.5) is 5.69 Å². The normalized spacial score (nSPS) is 13.5. The fraction of sp³-hybridized carbons (Fsp3) is 0.357. The third kappa shape index (κ3) is 3.41. The first-order valence-electron chi connectivity index (χ1n) is 6.75. The van der Waals surface area contributed by atoms with Gasteiger partial charge in [0, 0.05) is 12.2 Å². The summed E-state index contributed by atoms with van der Waals surface area (Å²) in [6.45, 7) is 2.87. The fourth-order valence-electron chi connectivity index (χ4n) is 2.24. The first-order chi connectivity index (χ1) is 10.3. The van der Waals surface area contributed by atoms with Crippen molar-refractivity contribution in [2.75, 3.05) is 23.0 Å². The second-order valence-corrected chi connectivity index (χ2v) is 8.19. The molecule has 0 saturated heterocycles. The van der Waals surface area contributed by atoms with Crippen molar-refractivity contribution in [1.82, 2.24) is 10.2 Å². The lowest BCUT2D eigenvalue weighted by molar-refractivity contribution is -0.116. The van der Waals surface area contributed by atoms with E-state index in [9.17, 15) is 4.79 Å². The minimum Gasteiger partial charge on any atom is -0.311 e. The molecular weight excluding hydrogens is 322 g/mol. The van der Waals surface area contributed by atoms with E-state index in [2.05, 4.69) is 23.2 Å². The van der Waals surface area contributed by atoms with Crippen LogP contribution < -0.4 is 4.90 Å². The van der Waals surface area contributed by atoms with Crippen LogP contribution in [0.1, 0.15) is 12.5 Å². The predicted molar refractivity (Wildman–Crippen MR) is 89.5 cm³/mol. The van der Waals surface area contributed by atoms with Gasteiger partial charge in [0.2, 0.25) is 5.91 Å². The summed E-state index contributed by atoms with van der Waals surface area (Å²) in [4.78, 5) is 14.3. The number of carbonyl (C=O) groups is 1. The molecule has 110 valence electrons. The highest BCUT2D eigenvalue weighted by Gasteiger charge is 2.24. The number of aromatic nitrogens is 2. The van der Waals surface area contributed by atoms with E-state index in [4.69, 9.17) is 0 Å². The zero-order chi connectivity index (χ0) is 14.7. The number of para-hydroxylation sites is 1. The van der Waals surface area contributed by atoms with Crippen LogP contribution in [0.25, 0.3) is 0 Å². The number of anilines is 1.